The van der Waals surface area contributed by atoms with Gasteiger partial charge >= 0.3 is 5.97 Å². The van der Waals surface area contributed by atoms with Crippen LogP contribution in [0.25, 0.3) is 0 Å². The average Bonchev–Trinajstić information content (AvgIpc) is 2.59. The van der Waals surface area contributed by atoms with Crippen LogP contribution in [0.15, 0.2) is 6.33 Å². The Balaban J connectivity index is 2.59. The van der Waals surface area contributed by atoms with Crippen LogP contribution in [0.3, 0.4) is 0 Å². The zero-order chi connectivity index (χ0) is 12.1. The lowest BCUT2D eigenvalue weighted by atomic mass is 9.92. The maximum Gasteiger partial charge on any atom is 0.316 e. The molecule has 1 unspecified atom stereocenters. The molecule has 88 valence electrons. The maximum absolute atomic E-state index is 11.5. The second kappa shape index (κ2) is 3.23. The molecule has 1 aliphatic carbocycles. The van der Waals surface area contributed by atoms with Gasteiger partial charge in [-0.25, -0.2) is 4.98 Å². The van der Waals surface area contributed by atoms with Gasteiger partial charge in [0.15, 0.2) is 5.15 Å². The van der Waals surface area contributed by atoms with Crippen molar-refractivity contribution >= 4 is 17.6 Å². The fraction of sp³-hybridized carbons (Fsp3) is 0.636. The number of aliphatic carboxylic acids is 1. The van der Waals surface area contributed by atoms with E-state index in [1.807, 2.05) is 25.3 Å². The van der Waals surface area contributed by atoms with Gasteiger partial charge in [-0.15, -0.1) is 0 Å². The number of carboxylic acid groups (broad SMARTS) is 1. The Labute approximate surface area is 99.2 Å². The molecule has 5 heteroatoms. The Hall–Kier alpha value is -1.03. The van der Waals surface area contributed by atoms with Crippen LogP contribution in [0.2, 0.25) is 5.15 Å². The summed E-state index contributed by atoms with van der Waals surface area (Å²) in [6.45, 7) is 6.53. The normalized spacial score (nSPS) is 26.8. The Kier molecular flexibility index (Phi) is 2.31. The Morgan fingerprint density at radius 2 is 2.25 bits per heavy atom. The van der Waals surface area contributed by atoms with Gasteiger partial charge in [-0.3, -0.25) is 4.79 Å². The minimum atomic E-state index is -0.864. The number of carbonyl (C=O) groups is 1. The number of hydrogen-bond acceptors (Lipinski definition) is 2. The third-order valence-electron chi connectivity index (χ3n) is 3.64. The fourth-order valence-electron chi connectivity index (χ4n) is 2.51. The first kappa shape index (κ1) is 11.5. The first-order chi connectivity index (χ1) is 7.37. The van der Waals surface area contributed by atoms with Gasteiger partial charge in [0.1, 0.15) is 5.41 Å². The lowest BCUT2D eigenvalue weighted by molar-refractivity contribution is -0.141. The second-order valence-electron chi connectivity index (χ2n) is 4.94. The quantitative estimate of drug-likeness (QED) is 0.885. The lowest BCUT2D eigenvalue weighted by Crippen LogP contribution is -2.28. The van der Waals surface area contributed by atoms with Gasteiger partial charge in [-0.05, 0) is 18.8 Å². The van der Waals surface area contributed by atoms with Crippen molar-refractivity contribution in [3.8, 4) is 0 Å². The molecule has 1 aliphatic rings. The van der Waals surface area contributed by atoms with Gasteiger partial charge in [0.05, 0.1) is 12.0 Å². The van der Waals surface area contributed by atoms with E-state index in [-0.39, 0.29) is 5.41 Å². The summed E-state index contributed by atoms with van der Waals surface area (Å²) in [5.41, 5.74) is -0.472. The van der Waals surface area contributed by atoms with Gasteiger partial charge in [0.25, 0.3) is 0 Å². The summed E-state index contributed by atoms with van der Waals surface area (Å²) in [4.78, 5) is 15.5. The minimum absolute atomic E-state index is 0.255. The molecule has 0 bridgehead atoms. The first-order valence-corrected chi connectivity index (χ1v) is 5.69. The molecule has 16 heavy (non-hydrogen) atoms. The van der Waals surface area contributed by atoms with Crippen molar-refractivity contribution in [1.29, 1.82) is 0 Å². The predicted molar refractivity (Wildman–Crippen MR) is 60.6 cm³/mol. The van der Waals surface area contributed by atoms with E-state index in [9.17, 15) is 9.90 Å². The van der Waals surface area contributed by atoms with Crippen LogP contribution >= 0.6 is 11.6 Å². The monoisotopic (exact) mass is 242 g/mol. The number of nitrogens with zero attached hydrogens (tertiary/aromatic N) is 2. The molecule has 0 amide bonds. The maximum atomic E-state index is 11.5. The first-order valence-electron chi connectivity index (χ1n) is 5.31. The third-order valence-corrected chi connectivity index (χ3v) is 3.92. The minimum Gasteiger partial charge on any atom is -0.481 e. The van der Waals surface area contributed by atoms with Crippen LogP contribution < -0.4 is 0 Å². The predicted octanol–water partition coefficient (Wildman–Crippen LogP) is 2.31. The molecule has 0 radical (unpaired) electrons. The average molecular weight is 243 g/mol. The van der Waals surface area contributed by atoms with E-state index in [0.717, 1.165) is 0 Å². The van der Waals surface area contributed by atoms with E-state index in [1.165, 1.54) is 0 Å². The highest BCUT2D eigenvalue weighted by Gasteiger charge is 2.70. The highest BCUT2D eigenvalue weighted by atomic mass is 35.5. The van der Waals surface area contributed by atoms with Crippen LogP contribution in [-0.2, 0) is 16.8 Å². The summed E-state index contributed by atoms with van der Waals surface area (Å²) in [5, 5.41) is 9.77. The van der Waals surface area contributed by atoms with E-state index in [0.29, 0.717) is 23.8 Å². The van der Waals surface area contributed by atoms with Crippen LogP contribution in [0.5, 0.6) is 0 Å². The van der Waals surface area contributed by atoms with E-state index >= 15 is 0 Å². The number of halogens is 1. The zero-order valence-electron chi connectivity index (χ0n) is 9.62. The van der Waals surface area contributed by atoms with Crippen LogP contribution in [0, 0.1) is 5.41 Å². The molecule has 1 heterocycles. The molecule has 1 aromatic rings. The summed E-state index contributed by atoms with van der Waals surface area (Å²) in [6, 6.07) is 0. The van der Waals surface area contributed by atoms with E-state index in [1.54, 1.807) is 6.33 Å². The highest BCUT2D eigenvalue weighted by molar-refractivity contribution is 6.30. The van der Waals surface area contributed by atoms with Crippen molar-refractivity contribution in [2.45, 2.75) is 39.2 Å². The number of aromatic nitrogens is 2. The largest absolute Gasteiger partial charge is 0.481 e. The van der Waals surface area contributed by atoms with Gasteiger partial charge in [-0.2, -0.15) is 0 Å². The summed E-state index contributed by atoms with van der Waals surface area (Å²) in [5.74, 6) is -0.811. The molecule has 1 fully saturated rings. The van der Waals surface area contributed by atoms with E-state index in [2.05, 4.69) is 4.98 Å². The second-order valence-corrected chi connectivity index (χ2v) is 5.30. The molecule has 1 N–H and O–H groups in total. The van der Waals surface area contributed by atoms with Crippen molar-refractivity contribution in [1.82, 2.24) is 9.55 Å². The summed E-state index contributed by atoms with van der Waals surface area (Å²) >= 11 is 6.02. The van der Waals surface area contributed by atoms with Crippen molar-refractivity contribution in [3.05, 3.63) is 17.2 Å². The van der Waals surface area contributed by atoms with Gasteiger partial charge < -0.3 is 9.67 Å². The smallest absolute Gasteiger partial charge is 0.316 e. The van der Waals surface area contributed by atoms with E-state index in [4.69, 9.17) is 11.6 Å². The van der Waals surface area contributed by atoms with Gasteiger partial charge in [0, 0.05) is 6.54 Å². The molecule has 1 aromatic heterocycles. The lowest BCUT2D eigenvalue weighted by Gasteiger charge is -2.17. The molecular weight excluding hydrogens is 228 g/mol. The molecule has 0 spiro atoms. The van der Waals surface area contributed by atoms with Crippen LogP contribution in [0.1, 0.15) is 32.9 Å². The van der Waals surface area contributed by atoms with Crippen molar-refractivity contribution in [3.63, 3.8) is 0 Å². The number of aryl methyl sites for hydroxylation is 1. The molecule has 0 saturated heterocycles. The number of rotatable bonds is 3. The van der Waals surface area contributed by atoms with Gasteiger partial charge in [-0.1, -0.05) is 25.4 Å². The highest BCUT2D eigenvalue weighted by Crippen LogP contribution is 2.65. The number of imidazole rings is 1. The molecule has 0 aliphatic heterocycles. The molecule has 2 rings (SSSR count). The third kappa shape index (κ3) is 1.22. The topological polar surface area (TPSA) is 55.1 Å². The Morgan fingerprint density at radius 3 is 2.62 bits per heavy atom. The van der Waals surface area contributed by atoms with Crippen molar-refractivity contribution < 1.29 is 9.90 Å². The Bertz CT molecular complexity index is 453. The van der Waals surface area contributed by atoms with Gasteiger partial charge in [0.2, 0.25) is 0 Å². The standard InChI is InChI=1S/C11H15ClN2O2/c1-4-14-6-13-8(12)7(14)11(9(15)16)5-10(11,2)3/h6H,4-5H2,1-3H3,(H,15,16). The van der Waals surface area contributed by atoms with Crippen molar-refractivity contribution in [2.75, 3.05) is 0 Å². The summed E-state index contributed by atoms with van der Waals surface area (Å²) < 4.78 is 1.82. The van der Waals surface area contributed by atoms with Crippen LogP contribution in [-0.4, -0.2) is 20.6 Å². The zero-order valence-corrected chi connectivity index (χ0v) is 10.4. The number of hydrogen-bond donors (Lipinski definition) is 1. The number of carboxylic acids is 1. The molecule has 1 atom stereocenters. The fourth-order valence-corrected chi connectivity index (χ4v) is 2.82. The van der Waals surface area contributed by atoms with E-state index < -0.39 is 11.4 Å². The Morgan fingerprint density at radius 1 is 1.69 bits per heavy atom. The summed E-state index contributed by atoms with van der Waals surface area (Å²) in [7, 11) is 0. The summed E-state index contributed by atoms with van der Waals surface area (Å²) in [6.07, 6.45) is 2.22. The molecular formula is C11H15ClN2O2. The van der Waals surface area contributed by atoms with Crippen molar-refractivity contribution in [2.24, 2.45) is 5.41 Å². The SMILES string of the molecule is CCn1cnc(Cl)c1C1(C(=O)O)CC1(C)C. The van der Waals surface area contributed by atoms with Crippen LogP contribution in [0.4, 0.5) is 0 Å². The molecule has 0 aromatic carbocycles. The molecule has 4 nitrogen and oxygen atoms in total. The molecule has 1 saturated carbocycles.